The number of carboxylic acids is 1. The topological polar surface area (TPSA) is 87.7 Å². The molecule has 0 radical (unpaired) electrons. The summed E-state index contributed by atoms with van der Waals surface area (Å²) >= 11 is 0. The van der Waals surface area contributed by atoms with Gasteiger partial charge in [0, 0.05) is 26.1 Å². The Morgan fingerprint density at radius 2 is 1.81 bits per heavy atom. The fraction of sp³-hybridized carbons (Fsp3) is 0.867. The van der Waals surface area contributed by atoms with Crippen LogP contribution in [-0.2, 0) is 9.53 Å². The summed E-state index contributed by atoms with van der Waals surface area (Å²) in [7, 11) is 0. The van der Waals surface area contributed by atoms with Crippen molar-refractivity contribution < 1.29 is 19.4 Å². The third kappa shape index (κ3) is 13.4. The second-order valence-electron chi connectivity index (χ2n) is 5.65. The SMILES string of the molecule is CCC(CCNC(=O)NCCOCC(C)C)CCC(=O)O. The molecule has 0 aromatic rings. The molecule has 6 nitrogen and oxygen atoms in total. The molecular weight excluding hydrogens is 272 g/mol. The summed E-state index contributed by atoms with van der Waals surface area (Å²) in [4.78, 5) is 22.0. The maximum Gasteiger partial charge on any atom is 0.314 e. The Labute approximate surface area is 127 Å². The number of rotatable bonds is 12. The third-order valence-corrected chi connectivity index (χ3v) is 3.17. The van der Waals surface area contributed by atoms with Crippen molar-refractivity contribution in [1.29, 1.82) is 0 Å². The minimum atomic E-state index is -0.763. The van der Waals surface area contributed by atoms with E-state index in [1.54, 1.807) is 0 Å². The van der Waals surface area contributed by atoms with Gasteiger partial charge in [-0.25, -0.2) is 4.79 Å². The van der Waals surface area contributed by atoms with Crippen LogP contribution in [0.15, 0.2) is 0 Å². The Hall–Kier alpha value is -1.30. The molecule has 0 saturated carbocycles. The second-order valence-corrected chi connectivity index (χ2v) is 5.65. The lowest BCUT2D eigenvalue weighted by Gasteiger charge is -2.14. The fourth-order valence-corrected chi connectivity index (χ4v) is 1.89. The van der Waals surface area contributed by atoms with Crippen LogP contribution >= 0.6 is 0 Å². The molecule has 0 heterocycles. The van der Waals surface area contributed by atoms with Gasteiger partial charge in [-0.2, -0.15) is 0 Å². The van der Waals surface area contributed by atoms with Crippen molar-refractivity contribution in [1.82, 2.24) is 10.6 Å². The highest BCUT2D eigenvalue weighted by molar-refractivity contribution is 5.73. The van der Waals surface area contributed by atoms with E-state index < -0.39 is 5.97 Å². The quantitative estimate of drug-likeness (QED) is 0.482. The first-order chi connectivity index (χ1) is 9.95. The first-order valence-electron chi connectivity index (χ1n) is 7.76. The van der Waals surface area contributed by atoms with Crippen LogP contribution in [0.4, 0.5) is 4.79 Å². The van der Waals surface area contributed by atoms with Crippen molar-refractivity contribution in [3.8, 4) is 0 Å². The number of hydrogen-bond acceptors (Lipinski definition) is 3. The number of aliphatic carboxylic acids is 1. The highest BCUT2D eigenvalue weighted by atomic mass is 16.5. The van der Waals surface area contributed by atoms with E-state index in [2.05, 4.69) is 24.5 Å². The number of urea groups is 1. The summed E-state index contributed by atoms with van der Waals surface area (Å²) in [6.45, 7) is 8.47. The van der Waals surface area contributed by atoms with Gasteiger partial charge in [-0.15, -0.1) is 0 Å². The maximum atomic E-state index is 11.5. The maximum absolute atomic E-state index is 11.5. The van der Waals surface area contributed by atoms with Gasteiger partial charge in [0.2, 0.25) is 0 Å². The number of nitrogens with one attached hydrogen (secondary N) is 2. The Balaban J connectivity index is 3.56. The van der Waals surface area contributed by atoms with Crippen LogP contribution < -0.4 is 10.6 Å². The van der Waals surface area contributed by atoms with Gasteiger partial charge in [-0.3, -0.25) is 4.79 Å². The zero-order chi connectivity index (χ0) is 16.1. The van der Waals surface area contributed by atoms with Crippen LogP contribution in [0.25, 0.3) is 0 Å². The first kappa shape index (κ1) is 19.7. The van der Waals surface area contributed by atoms with Crippen molar-refractivity contribution in [2.75, 3.05) is 26.3 Å². The predicted molar refractivity (Wildman–Crippen MR) is 82.3 cm³/mol. The summed E-state index contributed by atoms with van der Waals surface area (Å²) in [6, 6.07) is -0.198. The molecule has 2 amide bonds. The predicted octanol–water partition coefficient (Wildman–Crippen LogP) is 2.24. The average molecular weight is 302 g/mol. The van der Waals surface area contributed by atoms with Crippen molar-refractivity contribution >= 4 is 12.0 Å². The number of hydrogen-bond donors (Lipinski definition) is 3. The van der Waals surface area contributed by atoms with Gasteiger partial charge in [-0.1, -0.05) is 27.2 Å². The first-order valence-corrected chi connectivity index (χ1v) is 7.76. The highest BCUT2D eigenvalue weighted by Crippen LogP contribution is 2.14. The van der Waals surface area contributed by atoms with Gasteiger partial charge in [-0.05, 0) is 24.7 Å². The average Bonchev–Trinajstić information content (AvgIpc) is 2.41. The minimum absolute atomic E-state index is 0.192. The van der Waals surface area contributed by atoms with Crippen LogP contribution in [0, 0.1) is 11.8 Å². The number of ether oxygens (including phenoxy) is 1. The summed E-state index contributed by atoms with van der Waals surface area (Å²) in [5.41, 5.74) is 0. The molecule has 0 aliphatic heterocycles. The molecule has 1 unspecified atom stereocenters. The normalized spacial score (nSPS) is 12.2. The molecule has 0 fully saturated rings. The summed E-state index contributed by atoms with van der Waals surface area (Å²) in [6.07, 6.45) is 2.59. The van der Waals surface area contributed by atoms with Gasteiger partial charge >= 0.3 is 12.0 Å². The van der Waals surface area contributed by atoms with Crippen LogP contribution in [0.3, 0.4) is 0 Å². The van der Waals surface area contributed by atoms with Gasteiger partial charge in [0.25, 0.3) is 0 Å². The van der Waals surface area contributed by atoms with E-state index in [1.165, 1.54) is 0 Å². The number of amides is 2. The van der Waals surface area contributed by atoms with E-state index >= 15 is 0 Å². The molecule has 0 aliphatic carbocycles. The summed E-state index contributed by atoms with van der Waals surface area (Å²) in [5, 5.41) is 14.2. The Morgan fingerprint density at radius 1 is 1.14 bits per heavy atom. The molecule has 21 heavy (non-hydrogen) atoms. The largest absolute Gasteiger partial charge is 0.481 e. The van der Waals surface area contributed by atoms with E-state index in [0.29, 0.717) is 44.6 Å². The standard InChI is InChI=1S/C15H30N2O4/c1-4-13(5-6-14(18)19)7-8-16-15(20)17-9-10-21-11-12(2)3/h12-13H,4-11H2,1-3H3,(H,18,19)(H2,16,17,20). The van der Waals surface area contributed by atoms with E-state index in [4.69, 9.17) is 9.84 Å². The molecule has 0 spiro atoms. The van der Waals surface area contributed by atoms with Gasteiger partial charge in [0.1, 0.15) is 0 Å². The molecule has 0 aromatic carbocycles. The molecule has 0 rings (SSSR count). The molecular formula is C15H30N2O4. The van der Waals surface area contributed by atoms with Crippen molar-refractivity contribution in [2.45, 2.75) is 46.5 Å². The Morgan fingerprint density at radius 3 is 2.38 bits per heavy atom. The Bertz CT molecular complexity index is 295. The number of carbonyl (C=O) groups excluding carboxylic acids is 1. The van der Waals surface area contributed by atoms with Gasteiger partial charge < -0.3 is 20.5 Å². The van der Waals surface area contributed by atoms with Crippen LogP contribution in [0.5, 0.6) is 0 Å². The lowest BCUT2D eigenvalue weighted by molar-refractivity contribution is -0.137. The van der Waals surface area contributed by atoms with Crippen molar-refractivity contribution in [3.05, 3.63) is 0 Å². The second kappa shape index (κ2) is 12.4. The molecule has 3 N–H and O–H groups in total. The molecule has 1 atom stereocenters. The lowest BCUT2D eigenvalue weighted by Crippen LogP contribution is -2.38. The van der Waals surface area contributed by atoms with Crippen molar-refractivity contribution in [2.24, 2.45) is 11.8 Å². The lowest BCUT2D eigenvalue weighted by atomic mass is 9.97. The molecule has 0 bridgehead atoms. The van der Waals surface area contributed by atoms with Gasteiger partial charge in [0.05, 0.1) is 6.61 Å². The summed E-state index contributed by atoms with van der Waals surface area (Å²) < 4.78 is 5.36. The fourth-order valence-electron chi connectivity index (χ4n) is 1.89. The monoisotopic (exact) mass is 302 g/mol. The van der Waals surface area contributed by atoms with Crippen LogP contribution in [0.1, 0.15) is 46.5 Å². The van der Waals surface area contributed by atoms with E-state index in [9.17, 15) is 9.59 Å². The minimum Gasteiger partial charge on any atom is -0.481 e. The van der Waals surface area contributed by atoms with Gasteiger partial charge in [0.15, 0.2) is 0 Å². The van der Waals surface area contributed by atoms with Crippen LogP contribution in [-0.4, -0.2) is 43.4 Å². The van der Waals surface area contributed by atoms with E-state index in [0.717, 1.165) is 12.8 Å². The van der Waals surface area contributed by atoms with E-state index in [-0.39, 0.29) is 12.5 Å². The Kier molecular flexibility index (Phi) is 11.7. The van der Waals surface area contributed by atoms with E-state index in [1.807, 2.05) is 6.92 Å². The molecule has 0 saturated heterocycles. The third-order valence-electron chi connectivity index (χ3n) is 3.17. The zero-order valence-corrected chi connectivity index (χ0v) is 13.5. The molecule has 0 aromatic heterocycles. The zero-order valence-electron chi connectivity index (χ0n) is 13.5. The highest BCUT2D eigenvalue weighted by Gasteiger charge is 2.09. The molecule has 124 valence electrons. The number of carbonyl (C=O) groups is 2. The smallest absolute Gasteiger partial charge is 0.314 e. The summed E-state index contributed by atoms with van der Waals surface area (Å²) in [5.74, 6) is 0.0759. The number of carboxylic acid groups (broad SMARTS) is 1. The molecule has 0 aliphatic rings. The molecule has 6 heteroatoms. The van der Waals surface area contributed by atoms with Crippen molar-refractivity contribution in [3.63, 3.8) is 0 Å². The van der Waals surface area contributed by atoms with Crippen LogP contribution in [0.2, 0.25) is 0 Å².